The van der Waals surface area contributed by atoms with E-state index in [9.17, 15) is 38.3 Å². The number of nitrogens with zero attached hydrogens (tertiary/aromatic N) is 3. The first-order valence-corrected chi connectivity index (χ1v) is 23.0. The summed E-state index contributed by atoms with van der Waals surface area (Å²) in [6.07, 6.45) is 5.84. The van der Waals surface area contributed by atoms with Gasteiger partial charge in [-0.25, -0.2) is 9.36 Å². The topological polar surface area (TPSA) is 183 Å². The van der Waals surface area contributed by atoms with Crippen LogP contribution in [0.4, 0.5) is 16.2 Å². The van der Waals surface area contributed by atoms with Crippen molar-refractivity contribution >= 4 is 93.7 Å². The quantitative estimate of drug-likeness (QED) is 0.0505. The van der Waals surface area contributed by atoms with Crippen LogP contribution in [0.25, 0.3) is 21.5 Å². The second-order valence-corrected chi connectivity index (χ2v) is 18.6. The number of phosphoric ester groups is 1. The van der Waals surface area contributed by atoms with Crippen LogP contribution >= 0.6 is 31.0 Å². The van der Waals surface area contributed by atoms with Crippen molar-refractivity contribution in [2.75, 3.05) is 47.7 Å². The van der Waals surface area contributed by atoms with E-state index in [4.69, 9.17) is 32.5 Å². The number of hydrogen-bond donors (Lipinski definition) is 3. The maximum Gasteiger partial charge on any atom is 0.524 e. The minimum absolute atomic E-state index is 0.0346. The highest BCUT2D eigenvalue weighted by Crippen LogP contribution is 2.75. The summed E-state index contributed by atoms with van der Waals surface area (Å²) in [7, 11) is -4.93. The first-order chi connectivity index (χ1) is 29.3. The van der Waals surface area contributed by atoms with Crippen LogP contribution in [0.15, 0.2) is 72.8 Å². The minimum Gasteiger partial charge on any atom is -0.410 e. The monoisotopic (exact) mass is 888 g/mol. The number of fused-ring (bicyclic) bond motifs is 6. The van der Waals surface area contributed by atoms with E-state index in [1.807, 2.05) is 36.4 Å². The molecule has 3 aliphatic carbocycles. The van der Waals surface area contributed by atoms with Crippen LogP contribution in [-0.2, 0) is 23.7 Å². The number of carbonyl (C=O) groups is 5. The van der Waals surface area contributed by atoms with Gasteiger partial charge < -0.3 is 24.4 Å². The number of rotatable bonds is 14. The van der Waals surface area contributed by atoms with Gasteiger partial charge in [0.15, 0.2) is 0 Å². The fourth-order valence-electron chi connectivity index (χ4n) is 10.3. The zero-order valence-corrected chi connectivity index (χ0v) is 35.4. The number of imide groups is 1. The van der Waals surface area contributed by atoms with Gasteiger partial charge in [-0.2, -0.15) is 0 Å². The number of amides is 5. The second-order valence-electron chi connectivity index (χ2n) is 16.8. The summed E-state index contributed by atoms with van der Waals surface area (Å²) in [6.45, 7) is 1.34. The molecule has 61 heavy (non-hydrogen) atoms. The molecule has 4 aromatic carbocycles. The van der Waals surface area contributed by atoms with Crippen LogP contribution in [-0.4, -0.2) is 82.3 Å². The molecule has 3 N–H and O–H groups in total. The molecule has 0 aromatic heterocycles. The third kappa shape index (κ3) is 7.16. The number of nitrogens with one attached hydrogen (secondary N) is 1. The van der Waals surface area contributed by atoms with E-state index >= 15 is 0 Å². The van der Waals surface area contributed by atoms with Crippen LogP contribution in [0, 0.1) is 10.8 Å². The van der Waals surface area contributed by atoms with Gasteiger partial charge in [-0.05, 0) is 54.0 Å². The molecule has 0 radical (unpaired) electrons. The molecule has 4 aromatic rings. The number of alkyl halides is 2. The molecular formula is C44H43Cl2N4O10P. The molecule has 17 heteroatoms. The Hall–Kier alpha value is -4.98. The third-order valence-corrected chi connectivity index (χ3v) is 14.1. The lowest BCUT2D eigenvalue weighted by atomic mass is 9.34. The van der Waals surface area contributed by atoms with Gasteiger partial charge in [-0.3, -0.25) is 33.9 Å². The summed E-state index contributed by atoms with van der Waals surface area (Å²) in [6, 6.07) is 17.9. The highest BCUT2D eigenvalue weighted by Gasteiger charge is 2.76. The van der Waals surface area contributed by atoms with Crippen molar-refractivity contribution < 1.29 is 47.6 Å². The largest absolute Gasteiger partial charge is 0.524 e. The van der Waals surface area contributed by atoms with Crippen molar-refractivity contribution in [1.82, 2.24) is 10.2 Å². The Balaban J connectivity index is 0.888. The molecule has 3 saturated carbocycles. The van der Waals surface area contributed by atoms with Crippen molar-refractivity contribution in [2.45, 2.75) is 56.8 Å². The zero-order chi connectivity index (χ0) is 42.8. The number of phosphoric acid groups is 1. The average molecular weight is 890 g/mol. The Bertz CT molecular complexity index is 2580. The maximum atomic E-state index is 14.6. The Morgan fingerprint density at radius 1 is 0.721 bits per heavy atom. The van der Waals surface area contributed by atoms with Crippen LogP contribution in [0.1, 0.15) is 67.9 Å². The van der Waals surface area contributed by atoms with E-state index in [-0.39, 0.29) is 59.5 Å². The Morgan fingerprint density at radius 3 is 1.70 bits per heavy atom. The average Bonchev–Trinajstić information content (AvgIpc) is 3.88. The molecule has 14 nitrogen and oxygen atoms in total. The predicted octanol–water partition coefficient (Wildman–Crippen LogP) is 7.25. The van der Waals surface area contributed by atoms with Crippen LogP contribution in [0.3, 0.4) is 0 Å². The van der Waals surface area contributed by atoms with Gasteiger partial charge in [0.2, 0.25) is 11.8 Å². The van der Waals surface area contributed by atoms with Gasteiger partial charge in [0.05, 0.1) is 22.2 Å². The van der Waals surface area contributed by atoms with E-state index in [1.54, 1.807) is 28.0 Å². The van der Waals surface area contributed by atoms with Crippen LogP contribution in [0.5, 0.6) is 11.5 Å². The molecule has 3 heterocycles. The number of ether oxygens (including phenoxy) is 1. The first kappa shape index (κ1) is 41.4. The molecule has 2 bridgehead atoms. The lowest BCUT2D eigenvalue weighted by Crippen LogP contribution is -2.73. The second kappa shape index (κ2) is 15.7. The van der Waals surface area contributed by atoms with Gasteiger partial charge in [-0.1, -0.05) is 61.4 Å². The Labute approximate surface area is 361 Å². The minimum atomic E-state index is -4.93. The number of hydrogen-bond acceptors (Lipinski definition) is 8. The highest BCUT2D eigenvalue weighted by atomic mass is 35.5. The molecule has 6 aliphatic rings. The number of benzene rings is 4. The van der Waals surface area contributed by atoms with E-state index in [0.717, 1.165) is 29.4 Å². The molecule has 2 unspecified atom stereocenters. The van der Waals surface area contributed by atoms with Crippen molar-refractivity contribution in [2.24, 2.45) is 10.8 Å². The smallest absolute Gasteiger partial charge is 0.410 e. The Morgan fingerprint density at radius 2 is 1.20 bits per heavy atom. The fraction of sp³-hybridized carbons (Fsp3) is 0.386. The summed E-state index contributed by atoms with van der Waals surface area (Å²) >= 11 is 13.0. The van der Waals surface area contributed by atoms with Gasteiger partial charge in [0.25, 0.3) is 11.8 Å². The van der Waals surface area contributed by atoms with E-state index < -0.39 is 24.7 Å². The molecule has 5 amide bonds. The summed E-state index contributed by atoms with van der Waals surface area (Å²) in [5, 5.41) is 5.54. The van der Waals surface area contributed by atoms with Crippen LogP contribution < -0.4 is 24.4 Å². The molecule has 10 rings (SSSR count). The molecule has 3 fully saturated rings. The lowest BCUT2D eigenvalue weighted by molar-refractivity contribution is -0.205. The molecule has 318 valence electrons. The third-order valence-electron chi connectivity index (χ3n) is 13.0. The van der Waals surface area contributed by atoms with E-state index in [2.05, 4.69) is 5.32 Å². The number of halogens is 2. The summed E-state index contributed by atoms with van der Waals surface area (Å²) in [5.41, 5.74) is 1.29. The van der Waals surface area contributed by atoms with Crippen molar-refractivity contribution in [3.8, 4) is 11.5 Å². The van der Waals surface area contributed by atoms with E-state index in [1.165, 1.54) is 23.1 Å². The zero-order valence-electron chi connectivity index (χ0n) is 33.0. The molecule has 0 saturated heterocycles. The fourth-order valence-corrected chi connectivity index (χ4v) is 11.2. The maximum absolute atomic E-state index is 14.6. The molecule has 3 aliphatic heterocycles. The van der Waals surface area contributed by atoms with Crippen LogP contribution in [0.2, 0.25) is 0 Å². The summed E-state index contributed by atoms with van der Waals surface area (Å²) < 4.78 is 23.0. The van der Waals surface area contributed by atoms with Crippen molar-refractivity contribution in [1.29, 1.82) is 0 Å². The Kier molecular flexibility index (Phi) is 10.7. The van der Waals surface area contributed by atoms with Gasteiger partial charge in [0, 0.05) is 84.8 Å². The van der Waals surface area contributed by atoms with Gasteiger partial charge in [-0.15, -0.1) is 23.2 Å². The molecular weight excluding hydrogens is 846 g/mol. The summed E-state index contributed by atoms with van der Waals surface area (Å²) in [5.74, 6) is -0.515. The van der Waals surface area contributed by atoms with Gasteiger partial charge >= 0.3 is 13.9 Å². The molecule has 2 atom stereocenters. The first-order valence-electron chi connectivity index (χ1n) is 20.4. The standard InChI is InChI=1S/C44H43Cl2N4O10P/c45-19-26-21-49(32-17-34(28-9-3-5-11-30(28)38(26)32)59-42(55)47-15-7-1-2-8-16-48-36(51)13-14-37(48)52)40(53)43-23-44(24-43,25-43)41(54)50-22-27(20-46)39-31-12-6-4-10-29(31)35(18-33(39)50)60-61(56,57)58/h3-6,9-14,17-18,26-27H,1-2,7-8,15-16,19-25H2,(H,47,55)(H2,56,57,58). The van der Waals surface area contributed by atoms with Crippen molar-refractivity contribution in [3.63, 3.8) is 0 Å². The number of unbranched alkanes of at least 4 members (excludes halogenated alkanes) is 3. The van der Waals surface area contributed by atoms with Gasteiger partial charge in [0.1, 0.15) is 11.5 Å². The normalized spacial score (nSPS) is 23.6. The number of anilines is 2. The number of carbonyl (C=O) groups excluding carboxylic acids is 5. The SMILES string of the molecule is O=C(NCCCCCCN1C(=O)C=CC1=O)Oc1cc2c(c3ccccc13)C(CCl)CN2C(=O)C12CC(C(=O)N3CC(CCl)c4c3cc(OP(=O)(O)O)c3ccccc43)(C1)C2. The molecule has 0 spiro atoms. The lowest BCUT2D eigenvalue weighted by Gasteiger charge is -2.69. The predicted molar refractivity (Wildman–Crippen MR) is 229 cm³/mol. The van der Waals surface area contributed by atoms with E-state index in [0.29, 0.717) is 85.0 Å². The van der Waals surface area contributed by atoms with Crippen molar-refractivity contribution in [3.05, 3.63) is 83.9 Å². The summed E-state index contributed by atoms with van der Waals surface area (Å²) in [4.78, 5) is 89.7. The highest BCUT2D eigenvalue weighted by molar-refractivity contribution is 7.46.